The van der Waals surface area contributed by atoms with E-state index < -0.39 is 0 Å². The van der Waals surface area contributed by atoms with Crippen molar-refractivity contribution in [2.24, 2.45) is 4.99 Å². The van der Waals surface area contributed by atoms with Gasteiger partial charge in [0.15, 0.2) is 5.96 Å². The highest BCUT2D eigenvalue weighted by Crippen LogP contribution is 2.23. The molecule has 0 spiro atoms. The number of nitrogens with one attached hydrogen (secondary N) is 2. The average molecular weight is 476 g/mol. The number of aliphatic imine (C=N–C) groups is 1. The maximum atomic E-state index is 4.30. The summed E-state index contributed by atoms with van der Waals surface area (Å²) in [6.07, 6.45) is 2.24. The maximum absolute atomic E-state index is 4.30. The molecule has 0 radical (unpaired) electrons. The molecule has 3 heterocycles. The number of fused-ring (bicyclic) bond motifs is 1. The number of hydrogen-bond acceptors (Lipinski definition) is 4. The SMILES string of the molecule is CN=C(NCCc1cccs1)NCCN1CCc2sccc2C1.I. The number of guanidine groups is 1. The molecule has 0 aromatic carbocycles. The molecule has 1 aliphatic heterocycles. The molecule has 1 aliphatic rings. The number of hydrogen-bond donors (Lipinski definition) is 2. The predicted molar refractivity (Wildman–Crippen MR) is 116 cm³/mol. The molecule has 4 nitrogen and oxygen atoms in total. The van der Waals surface area contributed by atoms with Crippen LogP contribution in [0.5, 0.6) is 0 Å². The second-order valence-corrected chi connectivity index (χ2v) is 7.68. The van der Waals surface area contributed by atoms with E-state index in [1.165, 1.54) is 23.4 Å². The molecule has 0 saturated heterocycles. The van der Waals surface area contributed by atoms with Gasteiger partial charge in [0.25, 0.3) is 0 Å². The zero-order valence-corrected chi connectivity index (χ0v) is 17.9. The molecular formula is C17H25IN4S2. The van der Waals surface area contributed by atoms with Crippen LogP contribution in [0.2, 0.25) is 0 Å². The van der Waals surface area contributed by atoms with Crippen LogP contribution in [-0.2, 0) is 19.4 Å². The number of halogens is 1. The van der Waals surface area contributed by atoms with Crippen LogP contribution in [0, 0.1) is 0 Å². The van der Waals surface area contributed by atoms with E-state index in [9.17, 15) is 0 Å². The third-order valence-electron chi connectivity index (χ3n) is 4.07. The van der Waals surface area contributed by atoms with Crippen molar-refractivity contribution in [1.82, 2.24) is 15.5 Å². The van der Waals surface area contributed by atoms with Gasteiger partial charge in [0.1, 0.15) is 0 Å². The van der Waals surface area contributed by atoms with Crippen LogP contribution >= 0.6 is 46.7 Å². The van der Waals surface area contributed by atoms with Crippen LogP contribution in [0.25, 0.3) is 0 Å². The molecular weight excluding hydrogens is 451 g/mol. The van der Waals surface area contributed by atoms with E-state index >= 15 is 0 Å². The van der Waals surface area contributed by atoms with Gasteiger partial charge in [-0.25, -0.2) is 0 Å². The van der Waals surface area contributed by atoms with E-state index in [0.29, 0.717) is 0 Å². The number of thiophene rings is 2. The summed E-state index contributed by atoms with van der Waals surface area (Å²) in [5.74, 6) is 0.898. The fraction of sp³-hybridized carbons (Fsp3) is 0.471. The fourth-order valence-electron chi connectivity index (χ4n) is 2.81. The molecule has 0 saturated carbocycles. The van der Waals surface area contributed by atoms with Gasteiger partial charge in [-0.2, -0.15) is 0 Å². The average Bonchev–Trinajstić information content (AvgIpc) is 3.24. The fourth-order valence-corrected chi connectivity index (χ4v) is 4.41. The summed E-state index contributed by atoms with van der Waals surface area (Å²) in [6.45, 7) is 5.16. The first-order valence-electron chi connectivity index (χ1n) is 8.09. The van der Waals surface area contributed by atoms with Gasteiger partial charge in [0.05, 0.1) is 0 Å². The molecule has 2 N–H and O–H groups in total. The van der Waals surface area contributed by atoms with Crippen molar-refractivity contribution in [3.63, 3.8) is 0 Å². The Balaban J connectivity index is 0.00000208. The van der Waals surface area contributed by atoms with Crippen LogP contribution in [0.3, 0.4) is 0 Å². The Labute approximate surface area is 169 Å². The molecule has 0 fully saturated rings. The molecule has 0 aliphatic carbocycles. The van der Waals surface area contributed by atoms with Gasteiger partial charge in [-0.05, 0) is 41.3 Å². The molecule has 2 aromatic heterocycles. The van der Waals surface area contributed by atoms with Gasteiger partial charge in [-0.3, -0.25) is 9.89 Å². The topological polar surface area (TPSA) is 39.7 Å². The lowest BCUT2D eigenvalue weighted by atomic mass is 10.1. The van der Waals surface area contributed by atoms with E-state index in [0.717, 1.165) is 38.6 Å². The monoisotopic (exact) mass is 476 g/mol. The molecule has 24 heavy (non-hydrogen) atoms. The van der Waals surface area contributed by atoms with Crippen molar-refractivity contribution < 1.29 is 0 Å². The third-order valence-corrected chi connectivity index (χ3v) is 6.03. The van der Waals surface area contributed by atoms with E-state index in [-0.39, 0.29) is 24.0 Å². The largest absolute Gasteiger partial charge is 0.356 e. The van der Waals surface area contributed by atoms with Gasteiger partial charge in [-0.1, -0.05) is 6.07 Å². The first-order chi connectivity index (χ1) is 11.3. The van der Waals surface area contributed by atoms with E-state index in [4.69, 9.17) is 0 Å². The zero-order valence-electron chi connectivity index (χ0n) is 14.0. The Morgan fingerprint density at radius 2 is 2.08 bits per heavy atom. The van der Waals surface area contributed by atoms with Gasteiger partial charge in [0, 0.05) is 49.5 Å². The van der Waals surface area contributed by atoms with Gasteiger partial charge >= 0.3 is 0 Å². The smallest absolute Gasteiger partial charge is 0.191 e. The Kier molecular flexibility index (Phi) is 8.51. The van der Waals surface area contributed by atoms with Crippen LogP contribution < -0.4 is 10.6 Å². The standard InChI is InChI=1S/C17H24N4S2.HI/c1-18-17(19-7-4-15-3-2-11-22-15)20-8-10-21-9-5-16-14(13-21)6-12-23-16;/h2-3,6,11-12H,4-5,7-10,13H2,1H3,(H2,18,19,20);1H. The molecule has 0 bridgehead atoms. The summed E-state index contributed by atoms with van der Waals surface area (Å²) in [6, 6.07) is 6.55. The molecule has 132 valence electrons. The van der Waals surface area contributed by atoms with E-state index in [1.807, 2.05) is 29.7 Å². The minimum absolute atomic E-state index is 0. The Bertz CT molecular complexity index is 624. The molecule has 3 rings (SSSR count). The highest BCUT2D eigenvalue weighted by molar-refractivity contribution is 14.0. The van der Waals surface area contributed by atoms with Crippen molar-refractivity contribution in [1.29, 1.82) is 0 Å². The third kappa shape index (κ3) is 5.72. The lowest BCUT2D eigenvalue weighted by Gasteiger charge is -2.27. The molecule has 0 amide bonds. The van der Waals surface area contributed by atoms with Gasteiger partial charge in [0.2, 0.25) is 0 Å². The van der Waals surface area contributed by atoms with Crippen LogP contribution in [0.1, 0.15) is 15.3 Å². The van der Waals surface area contributed by atoms with Crippen molar-refractivity contribution in [3.05, 3.63) is 44.3 Å². The van der Waals surface area contributed by atoms with Crippen molar-refractivity contribution in [3.8, 4) is 0 Å². The molecule has 0 unspecified atom stereocenters. The number of nitrogens with zero attached hydrogens (tertiary/aromatic N) is 2. The lowest BCUT2D eigenvalue weighted by Crippen LogP contribution is -2.43. The minimum Gasteiger partial charge on any atom is -0.356 e. The first kappa shape index (κ1) is 19.7. The first-order valence-corrected chi connectivity index (χ1v) is 9.85. The Morgan fingerprint density at radius 1 is 1.21 bits per heavy atom. The molecule has 0 atom stereocenters. The second kappa shape index (κ2) is 10.4. The quantitative estimate of drug-likeness (QED) is 0.382. The lowest BCUT2D eigenvalue weighted by molar-refractivity contribution is 0.260. The predicted octanol–water partition coefficient (Wildman–Crippen LogP) is 3.19. The molecule has 2 aromatic rings. The van der Waals surface area contributed by atoms with Gasteiger partial charge in [-0.15, -0.1) is 46.7 Å². The second-order valence-electron chi connectivity index (χ2n) is 5.65. The maximum Gasteiger partial charge on any atom is 0.191 e. The summed E-state index contributed by atoms with van der Waals surface area (Å²) in [4.78, 5) is 9.79. The van der Waals surface area contributed by atoms with Crippen LogP contribution in [0.15, 0.2) is 34.0 Å². The van der Waals surface area contributed by atoms with Crippen molar-refractivity contribution in [2.45, 2.75) is 19.4 Å². The normalized spacial score (nSPS) is 14.8. The summed E-state index contributed by atoms with van der Waals surface area (Å²) in [7, 11) is 1.83. The van der Waals surface area contributed by atoms with Crippen molar-refractivity contribution >= 4 is 52.6 Å². The minimum atomic E-state index is 0. The van der Waals surface area contributed by atoms with Gasteiger partial charge < -0.3 is 10.6 Å². The summed E-state index contributed by atoms with van der Waals surface area (Å²) in [5.41, 5.74) is 1.51. The van der Waals surface area contributed by atoms with E-state index in [1.54, 1.807) is 4.88 Å². The highest BCUT2D eigenvalue weighted by atomic mass is 127. The molecule has 7 heteroatoms. The summed E-state index contributed by atoms with van der Waals surface area (Å²) in [5, 5.41) is 11.1. The van der Waals surface area contributed by atoms with Crippen LogP contribution in [-0.4, -0.2) is 44.1 Å². The highest BCUT2D eigenvalue weighted by Gasteiger charge is 2.16. The number of rotatable bonds is 6. The Hall–Kier alpha value is -0.640. The zero-order chi connectivity index (χ0) is 15.9. The van der Waals surface area contributed by atoms with E-state index in [2.05, 4.69) is 49.5 Å². The summed E-state index contributed by atoms with van der Waals surface area (Å²) < 4.78 is 0. The Morgan fingerprint density at radius 3 is 2.88 bits per heavy atom. The summed E-state index contributed by atoms with van der Waals surface area (Å²) >= 11 is 3.70. The van der Waals surface area contributed by atoms with Crippen LogP contribution in [0.4, 0.5) is 0 Å². The van der Waals surface area contributed by atoms with Crippen molar-refractivity contribution in [2.75, 3.05) is 33.2 Å².